The topological polar surface area (TPSA) is 38.3 Å². The first-order valence-electron chi connectivity index (χ1n) is 6.11. The van der Waals surface area contributed by atoms with Gasteiger partial charge in [-0.25, -0.2) is 0 Å². The van der Waals surface area contributed by atoms with E-state index in [-0.39, 0.29) is 5.91 Å². The van der Waals surface area contributed by atoms with E-state index >= 15 is 0 Å². The minimum atomic E-state index is -0.188. The van der Waals surface area contributed by atoms with Crippen molar-refractivity contribution in [1.82, 2.24) is 0 Å². The molecule has 0 aliphatic heterocycles. The largest absolute Gasteiger partial charge is 0.487 e. The Kier molecular flexibility index (Phi) is 4.96. The van der Waals surface area contributed by atoms with Gasteiger partial charge in [-0.05, 0) is 40.2 Å². The molecule has 0 bridgehead atoms. The maximum atomic E-state index is 12.2. The number of benzene rings is 2. The van der Waals surface area contributed by atoms with Gasteiger partial charge in [0, 0.05) is 4.47 Å². The fourth-order valence-electron chi connectivity index (χ4n) is 1.68. The monoisotopic (exact) mass is 331 g/mol. The van der Waals surface area contributed by atoms with Gasteiger partial charge in [-0.1, -0.05) is 36.9 Å². The molecule has 0 heterocycles. The van der Waals surface area contributed by atoms with Crippen LogP contribution in [0.3, 0.4) is 0 Å². The SMILES string of the molecule is C=CCOc1ccccc1NC(=O)c1ccccc1Br. The lowest BCUT2D eigenvalue weighted by atomic mass is 10.2. The molecule has 20 heavy (non-hydrogen) atoms. The second-order valence-electron chi connectivity index (χ2n) is 4.03. The van der Waals surface area contributed by atoms with E-state index in [1.165, 1.54) is 0 Å². The molecular formula is C16H14BrNO2. The summed E-state index contributed by atoms with van der Waals surface area (Å²) in [5, 5.41) is 2.85. The number of rotatable bonds is 5. The first-order valence-corrected chi connectivity index (χ1v) is 6.90. The Morgan fingerprint density at radius 1 is 1.20 bits per heavy atom. The van der Waals surface area contributed by atoms with Crippen molar-refractivity contribution in [2.24, 2.45) is 0 Å². The van der Waals surface area contributed by atoms with E-state index in [2.05, 4.69) is 27.8 Å². The van der Waals surface area contributed by atoms with E-state index in [0.717, 1.165) is 4.47 Å². The fraction of sp³-hybridized carbons (Fsp3) is 0.0625. The summed E-state index contributed by atoms with van der Waals surface area (Å²) in [7, 11) is 0. The van der Waals surface area contributed by atoms with Crippen molar-refractivity contribution in [2.45, 2.75) is 0 Å². The number of carbonyl (C=O) groups is 1. The smallest absolute Gasteiger partial charge is 0.256 e. The standard InChI is InChI=1S/C16H14BrNO2/c1-2-11-20-15-10-6-5-9-14(15)18-16(19)12-7-3-4-8-13(12)17/h2-10H,1,11H2,(H,18,19). The summed E-state index contributed by atoms with van der Waals surface area (Å²) in [6, 6.07) is 14.6. The van der Waals surface area contributed by atoms with Crippen molar-refractivity contribution in [3.8, 4) is 5.75 Å². The predicted molar refractivity (Wildman–Crippen MR) is 84.2 cm³/mol. The van der Waals surface area contributed by atoms with Crippen LogP contribution in [0.5, 0.6) is 5.75 Å². The number of anilines is 1. The van der Waals surface area contributed by atoms with Gasteiger partial charge >= 0.3 is 0 Å². The molecule has 0 radical (unpaired) electrons. The van der Waals surface area contributed by atoms with Gasteiger partial charge in [-0.15, -0.1) is 0 Å². The molecule has 3 nitrogen and oxygen atoms in total. The predicted octanol–water partition coefficient (Wildman–Crippen LogP) is 4.27. The summed E-state index contributed by atoms with van der Waals surface area (Å²) >= 11 is 3.37. The van der Waals surface area contributed by atoms with E-state index in [9.17, 15) is 4.79 Å². The maximum Gasteiger partial charge on any atom is 0.256 e. The van der Waals surface area contributed by atoms with Gasteiger partial charge < -0.3 is 10.1 Å². The molecule has 1 amide bonds. The van der Waals surface area contributed by atoms with Gasteiger partial charge in [0.05, 0.1) is 11.3 Å². The number of halogens is 1. The highest BCUT2D eigenvalue weighted by atomic mass is 79.9. The quantitative estimate of drug-likeness (QED) is 0.831. The van der Waals surface area contributed by atoms with E-state index in [0.29, 0.717) is 23.6 Å². The van der Waals surface area contributed by atoms with Gasteiger partial charge in [0.15, 0.2) is 0 Å². The Balaban J connectivity index is 2.20. The van der Waals surface area contributed by atoms with Crippen LogP contribution in [-0.2, 0) is 0 Å². The van der Waals surface area contributed by atoms with Gasteiger partial charge in [0.2, 0.25) is 0 Å². The van der Waals surface area contributed by atoms with Crippen LogP contribution < -0.4 is 10.1 Å². The van der Waals surface area contributed by atoms with Crippen LogP contribution >= 0.6 is 15.9 Å². The first-order chi connectivity index (χ1) is 9.72. The molecule has 2 rings (SSSR count). The Hall–Kier alpha value is -2.07. The molecule has 0 unspecified atom stereocenters. The molecule has 1 N–H and O–H groups in total. The minimum absolute atomic E-state index is 0.188. The number of carbonyl (C=O) groups excluding carboxylic acids is 1. The van der Waals surface area contributed by atoms with Crippen LogP contribution in [0.2, 0.25) is 0 Å². The highest BCUT2D eigenvalue weighted by Gasteiger charge is 2.11. The van der Waals surface area contributed by atoms with Crippen LogP contribution in [0.1, 0.15) is 10.4 Å². The third-order valence-electron chi connectivity index (χ3n) is 2.61. The average Bonchev–Trinajstić information content (AvgIpc) is 2.46. The number of ether oxygens (including phenoxy) is 1. The van der Waals surface area contributed by atoms with Crippen molar-refractivity contribution >= 4 is 27.5 Å². The van der Waals surface area contributed by atoms with E-state index in [1.807, 2.05) is 30.3 Å². The molecule has 0 aliphatic carbocycles. The normalized spacial score (nSPS) is 9.85. The molecule has 0 saturated heterocycles. The number of nitrogens with one attached hydrogen (secondary N) is 1. The average molecular weight is 332 g/mol. The van der Waals surface area contributed by atoms with E-state index in [1.54, 1.807) is 24.3 Å². The Labute approximate surface area is 126 Å². The number of para-hydroxylation sites is 2. The summed E-state index contributed by atoms with van der Waals surface area (Å²) in [6.07, 6.45) is 1.66. The molecular weight excluding hydrogens is 318 g/mol. The van der Waals surface area contributed by atoms with Crippen LogP contribution in [0, 0.1) is 0 Å². The minimum Gasteiger partial charge on any atom is -0.487 e. The third-order valence-corrected chi connectivity index (χ3v) is 3.30. The van der Waals surface area contributed by atoms with Crippen LogP contribution in [0.4, 0.5) is 5.69 Å². The lowest BCUT2D eigenvalue weighted by Crippen LogP contribution is -2.13. The number of amides is 1. The van der Waals surface area contributed by atoms with Crippen LogP contribution in [0.25, 0.3) is 0 Å². The van der Waals surface area contributed by atoms with E-state index < -0.39 is 0 Å². The Morgan fingerprint density at radius 3 is 2.65 bits per heavy atom. The molecule has 2 aromatic rings. The molecule has 2 aromatic carbocycles. The molecule has 0 saturated carbocycles. The zero-order chi connectivity index (χ0) is 14.4. The summed E-state index contributed by atoms with van der Waals surface area (Å²) in [5.74, 6) is 0.430. The molecule has 0 fully saturated rings. The van der Waals surface area contributed by atoms with Crippen molar-refractivity contribution in [1.29, 1.82) is 0 Å². The molecule has 0 spiro atoms. The zero-order valence-corrected chi connectivity index (χ0v) is 12.4. The molecule has 4 heteroatoms. The molecule has 102 valence electrons. The zero-order valence-electron chi connectivity index (χ0n) is 10.8. The number of hydrogen-bond donors (Lipinski definition) is 1. The lowest BCUT2D eigenvalue weighted by Gasteiger charge is -2.11. The van der Waals surface area contributed by atoms with Crippen molar-refractivity contribution in [3.63, 3.8) is 0 Å². The summed E-state index contributed by atoms with van der Waals surface area (Å²) in [6.45, 7) is 4.00. The third kappa shape index (κ3) is 3.48. The highest BCUT2D eigenvalue weighted by Crippen LogP contribution is 2.25. The fourth-order valence-corrected chi connectivity index (χ4v) is 2.14. The van der Waals surface area contributed by atoms with Gasteiger partial charge in [-0.3, -0.25) is 4.79 Å². The summed E-state index contributed by atoms with van der Waals surface area (Å²) in [5.41, 5.74) is 1.21. The van der Waals surface area contributed by atoms with Crippen LogP contribution in [-0.4, -0.2) is 12.5 Å². The molecule has 0 aliphatic rings. The summed E-state index contributed by atoms with van der Waals surface area (Å²) in [4.78, 5) is 12.2. The second-order valence-corrected chi connectivity index (χ2v) is 4.88. The van der Waals surface area contributed by atoms with Gasteiger partial charge in [0.25, 0.3) is 5.91 Å². The Morgan fingerprint density at radius 2 is 1.90 bits per heavy atom. The van der Waals surface area contributed by atoms with Gasteiger partial charge in [-0.2, -0.15) is 0 Å². The number of hydrogen-bond acceptors (Lipinski definition) is 2. The van der Waals surface area contributed by atoms with Crippen molar-refractivity contribution in [2.75, 3.05) is 11.9 Å². The summed E-state index contributed by atoms with van der Waals surface area (Å²) < 4.78 is 6.26. The molecule has 0 aromatic heterocycles. The molecule has 0 atom stereocenters. The van der Waals surface area contributed by atoms with Gasteiger partial charge in [0.1, 0.15) is 12.4 Å². The second kappa shape index (κ2) is 6.91. The van der Waals surface area contributed by atoms with Crippen molar-refractivity contribution < 1.29 is 9.53 Å². The van der Waals surface area contributed by atoms with E-state index in [4.69, 9.17) is 4.74 Å². The lowest BCUT2D eigenvalue weighted by molar-refractivity contribution is 0.102. The Bertz CT molecular complexity index is 625. The maximum absolute atomic E-state index is 12.2. The van der Waals surface area contributed by atoms with Crippen LogP contribution in [0.15, 0.2) is 65.7 Å². The first kappa shape index (κ1) is 14.3. The van der Waals surface area contributed by atoms with Crippen molar-refractivity contribution in [3.05, 3.63) is 71.2 Å². The highest BCUT2D eigenvalue weighted by molar-refractivity contribution is 9.10.